The van der Waals surface area contributed by atoms with Crippen molar-refractivity contribution in [3.05, 3.63) is 65.7 Å². The fourth-order valence-electron chi connectivity index (χ4n) is 2.68. The van der Waals surface area contributed by atoms with Gasteiger partial charge in [-0.05, 0) is 43.2 Å². The number of benzene rings is 1. The van der Waals surface area contributed by atoms with Crippen molar-refractivity contribution < 1.29 is 0 Å². The summed E-state index contributed by atoms with van der Waals surface area (Å²) in [4.78, 5) is 21.0. The number of nitrogen functional groups attached to an aromatic ring is 2. The van der Waals surface area contributed by atoms with Crippen molar-refractivity contribution in [1.82, 2.24) is 24.9 Å². The van der Waals surface area contributed by atoms with Crippen LogP contribution in [0.15, 0.2) is 48.9 Å². The second kappa shape index (κ2) is 8.71. The molecule has 0 aliphatic heterocycles. The van der Waals surface area contributed by atoms with Gasteiger partial charge in [0.25, 0.3) is 0 Å². The second-order valence-electron chi connectivity index (χ2n) is 6.21. The van der Waals surface area contributed by atoms with Crippen LogP contribution >= 0.6 is 0 Å². The summed E-state index contributed by atoms with van der Waals surface area (Å²) in [5, 5.41) is 8.41. The molecule has 0 saturated heterocycles. The number of nitrogens with zero attached hydrogens (tertiary/aromatic N) is 6. The molecule has 0 fully saturated rings. The van der Waals surface area contributed by atoms with Gasteiger partial charge in [0.1, 0.15) is 35.3 Å². The fraction of sp³-hybridized carbons (Fsp3) is 0.143. The lowest BCUT2D eigenvalue weighted by Crippen LogP contribution is -2.01. The lowest BCUT2D eigenvalue weighted by Gasteiger charge is -2.08. The van der Waals surface area contributed by atoms with Gasteiger partial charge in [-0.1, -0.05) is 19.1 Å². The zero-order valence-corrected chi connectivity index (χ0v) is 16.2. The maximum Gasteiger partial charge on any atom is 0.146 e. The van der Waals surface area contributed by atoms with Crippen LogP contribution in [-0.2, 0) is 6.42 Å². The van der Waals surface area contributed by atoms with Crippen LogP contribution in [0.4, 0.5) is 11.6 Å². The zero-order chi connectivity index (χ0) is 20.8. The monoisotopic (exact) mass is 384 g/mol. The van der Waals surface area contributed by atoms with Gasteiger partial charge >= 0.3 is 0 Å². The molecule has 0 atom stereocenters. The highest BCUT2D eigenvalue weighted by atomic mass is 15.0. The Morgan fingerprint density at radius 2 is 1.72 bits per heavy atom. The Hall–Kier alpha value is -4.12. The molecule has 0 unspecified atom stereocenters. The number of nitrogens with two attached hydrogens (primary N) is 2. The lowest BCUT2D eigenvalue weighted by molar-refractivity contribution is 1.03. The van der Waals surface area contributed by atoms with Gasteiger partial charge in [0.05, 0.1) is 22.4 Å². The van der Waals surface area contributed by atoms with Gasteiger partial charge in [0.15, 0.2) is 0 Å². The molecule has 4 N–H and O–H groups in total. The predicted octanol–water partition coefficient (Wildman–Crippen LogP) is 3.08. The van der Waals surface area contributed by atoms with Crippen molar-refractivity contribution in [3.8, 4) is 17.5 Å². The van der Waals surface area contributed by atoms with E-state index in [1.165, 1.54) is 11.9 Å². The average Bonchev–Trinajstić information content (AvgIpc) is 2.74. The highest BCUT2D eigenvalue weighted by Crippen LogP contribution is 2.22. The van der Waals surface area contributed by atoms with Crippen molar-refractivity contribution in [2.45, 2.75) is 20.3 Å². The van der Waals surface area contributed by atoms with E-state index in [9.17, 15) is 0 Å². The van der Waals surface area contributed by atoms with Crippen molar-refractivity contribution in [2.24, 2.45) is 0 Å². The molecule has 144 valence electrons. The summed E-state index contributed by atoms with van der Waals surface area (Å²) in [6.45, 7) is 4.16. The summed E-state index contributed by atoms with van der Waals surface area (Å²) >= 11 is 0. The van der Waals surface area contributed by atoms with Crippen molar-refractivity contribution in [3.63, 3.8) is 0 Å². The van der Waals surface area contributed by atoms with Crippen LogP contribution in [0.5, 0.6) is 0 Å². The van der Waals surface area contributed by atoms with E-state index in [0.29, 0.717) is 0 Å². The first-order valence-electron chi connectivity index (χ1n) is 8.98. The molecular weight excluding hydrogens is 364 g/mol. The SMILES string of the molecule is CCc1nc2ccc(C)cc2nc1-c1ccccn1.N#Cc1c(N)ncnc1N. The quantitative estimate of drug-likeness (QED) is 0.537. The maximum atomic E-state index is 8.41. The molecular formula is C21H20N8. The third-order valence-corrected chi connectivity index (χ3v) is 4.15. The number of hydrogen-bond acceptors (Lipinski definition) is 8. The van der Waals surface area contributed by atoms with Gasteiger partial charge in [-0.25, -0.2) is 19.9 Å². The number of rotatable bonds is 2. The zero-order valence-electron chi connectivity index (χ0n) is 16.2. The smallest absolute Gasteiger partial charge is 0.146 e. The van der Waals surface area contributed by atoms with Crippen molar-refractivity contribution in [2.75, 3.05) is 11.5 Å². The van der Waals surface area contributed by atoms with Gasteiger partial charge in [-0.3, -0.25) is 4.98 Å². The second-order valence-corrected chi connectivity index (χ2v) is 6.21. The summed E-state index contributed by atoms with van der Waals surface area (Å²) < 4.78 is 0. The van der Waals surface area contributed by atoms with Crippen LogP contribution in [-0.4, -0.2) is 24.9 Å². The minimum Gasteiger partial charge on any atom is -0.382 e. The van der Waals surface area contributed by atoms with Crippen LogP contribution < -0.4 is 11.5 Å². The number of aromatic nitrogens is 5. The standard InChI is InChI=1S/C16H15N3.C5H5N5/c1-3-12-16(14-6-4-5-9-17-14)19-15-10-11(2)7-8-13(15)18-12;6-1-3-4(7)9-2-10-5(3)8/h4-10H,3H2,1-2H3;2H,(H4,7,8,9,10). The lowest BCUT2D eigenvalue weighted by atomic mass is 10.1. The largest absolute Gasteiger partial charge is 0.382 e. The van der Waals surface area contributed by atoms with Crippen LogP contribution in [0.25, 0.3) is 22.4 Å². The van der Waals surface area contributed by atoms with Crippen LogP contribution in [0, 0.1) is 18.3 Å². The normalized spacial score (nSPS) is 10.1. The van der Waals surface area contributed by atoms with Crippen molar-refractivity contribution >= 4 is 22.7 Å². The number of pyridine rings is 1. The number of anilines is 2. The molecule has 3 heterocycles. The number of nitriles is 1. The minimum atomic E-state index is 0.120. The molecule has 0 aliphatic rings. The first kappa shape index (κ1) is 19.6. The molecule has 0 radical (unpaired) electrons. The molecule has 8 nitrogen and oxygen atoms in total. The first-order valence-corrected chi connectivity index (χ1v) is 8.98. The van der Waals surface area contributed by atoms with E-state index in [1.54, 1.807) is 12.3 Å². The predicted molar refractivity (Wildman–Crippen MR) is 112 cm³/mol. The van der Waals surface area contributed by atoms with E-state index in [0.717, 1.165) is 34.5 Å². The Labute approximate surface area is 168 Å². The van der Waals surface area contributed by atoms with Gasteiger partial charge in [-0.15, -0.1) is 0 Å². The molecule has 0 saturated carbocycles. The summed E-state index contributed by atoms with van der Waals surface area (Å²) in [6, 6.07) is 13.8. The molecule has 4 rings (SSSR count). The molecule has 0 bridgehead atoms. The van der Waals surface area contributed by atoms with E-state index < -0.39 is 0 Å². The number of aryl methyl sites for hydroxylation is 2. The van der Waals surface area contributed by atoms with Gasteiger partial charge in [0, 0.05) is 6.20 Å². The summed E-state index contributed by atoms with van der Waals surface area (Å²) in [7, 11) is 0. The maximum absolute atomic E-state index is 8.41. The Morgan fingerprint density at radius 3 is 2.31 bits per heavy atom. The fourth-order valence-corrected chi connectivity index (χ4v) is 2.68. The molecule has 4 aromatic rings. The minimum absolute atomic E-state index is 0.120. The molecule has 8 heteroatoms. The first-order chi connectivity index (χ1) is 14.0. The van der Waals surface area contributed by atoms with E-state index in [2.05, 4.69) is 40.9 Å². The average molecular weight is 384 g/mol. The Bertz CT molecular complexity index is 1160. The highest BCUT2D eigenvalue weighted by Gasteiger charge is 2.10. The van der Waals surface area contributed by atoms with Gasteiger partial charge in [0.2, 0.25) is 0 Å². The third-order valence-electron chi connectivity index (χ3n) is 4.15. The van der Waals surface area contributed by atoms with Crippen molar-refractivity contribution in [1.29, 1.82) is 5.26 Å². The topological polar surface area (TPSA) is 140 Å². The summed E-state index contributed by atoms with van der Waals surface area (Å²) in [5.41, 5.74) is 16.5. The van der Waals surface area contributed by atoms with Gasteiger partial charge in [-0.2, -0.15) is 5.26 Å². The Morgan fingerprint density at radius 1 is 0.966 bits per heavy atom. The highest BCUT2D eigenvalue weighted by molar-refractivity contribution is 5.78. The summed E-state index contributed by atoms with van der Waals surface area (Å²) in [6.07, 6.45) is 3.85. The van der Waals surface area contributed by atoms with Crippen LogP contribution in [0.3, 0.4) is 0 Å². The van der Waals surface area contributed by atoms with Gasteiger partial charge < -0.3 is 11.5 Å². The molecule has 3 aromatic heterocycles. The molecule has 1 aromatic carbocycles. The van der Waals surface area contributed by atoms with E-state index in [-0.39, 0.29) is 17.2 Å². The van der Waals surface area contributed by atoms with Crippen LogP contribution in [0.2, 0.25) is 0 Å². The third kappa shape index (κ3) is 4.42. The Balaban J connectivity index is 0.000000204. The number of hydrogen-bond donors (Lipinski definition) is 2. The summed E-state index contributed by atoms with van der Waals surface area (Å²) in [5.74, 6) is 0.241. The van der Waals surface area contributed by atoms with E-state index >= 15 is 0 Å². The molecule has 0 aliphatic carbocycles. The van der Waals surface area contributed by atoms with Crippen LogP contribution in [0.1, 0.15) is 23.7 Å². The number of fused-ring (bicyclic) bond motifs is 1. The molecule has 0 amide bonds. The van der Waals surface area contributed by atoms with E-state index in [4.69, 9.17) is 26.7 Å². The Kier molecular flexibility index (Phi) is 5.90. The van der Waals surface area contributed by atoms with E-state index in [1.807, 2.05) is 24.3 Å². The molecule has 29 heavy (non-hydrogen) atoms. The molecule has 0 spiro atoms.